The zero-order valence-corrected chi connectivity index (χ0v) is 18.2. The van der Waals surface area contributed by atoms with E-state index < -0.39 is 0 Å². The average molecular weight is 446 g/mol. The summed E-state index contributed by atoms with van der Waals surface area (Å²) in [6.45, 7) is 0.546. The number of aromatic nitrogens is 7. The maximum atomic E-state index is 13.1. The van der Waals surface area contributed by atoms with Gasteiger partial charge in [0, 0.05) is 30.4 Å². The van der Waals surface area contributed by atoms with Gasteiger partial charge in [-0.1, -0.05) is 12.1 Å². The maximum absolute atomic E-state index is 13.1. The minimum Gasteiger partial charge on any atom is -0.279 e. The Morgan fingerprint density at radius 3 is 2.74 bits per heavy atom. The van der Waals surface area contributed by atoms with Crippen LogP contribution in [0.15, 0.2) is 78.0 Å². The van der Waals surface area contributed by atoms with Gasteiger partial charge < -0.3 is 0 Å². The lowest BCUT2D eigenvalue weighted by Crippen LogP contribution is -2.20. The van der Waals surface area contributed by atoms with Gasteiger partial charge in [-0.15, -0.1) is 0 Å². The SMILES string of the molecule is Cn1c(=O)n(-c2ccc3cn[nH]c3c2)c2cc(-c3ccnn3Cc3ccc(C#N)cc3)cnc21. The molecule has 0 radical (unpaired) electrons. The summed E-state index contributed by atoms with van der Waals surface area (Å²) in [6, 6.07) is 19.2. The van der Waals surface area contributed by atoms with E-state index in [0.29, 0.717) is 23.3 Å². The standard InChI is InChI=1S/C25H18N8O/c1-31-24-23(33(25(31)34)20-7-6-18-14-28-30-21(18)11-20)10-19(13-27-24)22-8-9-29-32(22)15-17-4-2-16(12-26)3-5-17/h2-11,13-14H,15H2,1H3,(H,28,30). The molecule has 0 aliphatic rings. The lowest BCUT2D eigenvalue weighted by atomic mass is 10.1. The van der Waals surface area contributed by atoms with Gasteiger partial charge in [0.05, 0.1) is 46.8 Å². The van der Waals surface area contributed by atoms with Crippen LogP contribution in [0.1, 0.15) is 11.1 Å². The Morgan fingerprint density at radius 1 is 1.06 bits per heavy atom. The van der Waals surface area contributed by atoms with E-state index in [9.17, 15) is 4.79 Å². The zero-order valence-electron chi connectivity index (χ0n) is 18.2. The monoisotopic (exact) mass is 446 g/mol. The van der Waals surface area contributed by atoms with Gasteiger partial charge in [0.2, 0.25) is 0 Å². The summed E-state index contributed by atoms with van der Waals surface area (Å²) in [6.07, 6.45) is 5.25. The molecule has 0 fully saturated rings. The number of hydrogen-bond donors (Lipinski definition) is 1. The fraction of sp³-hybridized carbons (Fsp3) is 0.0800. The molecule has 0 atom stereocenters. The molecule has 0 bridgehead atoms. The van der Waals surface area contributed by atoms with Gasteiger partial charge in [-0.2, -0.15) is 15.5 Å². The molecule has 9 heteroatoms. The van der Waals surface area contributed by atoms with E-state index >= 15 is 0 Å². The van der Waals surface area contributed by atoms with Crippen molar-refractivity contribution in [2.45, 2.75) is 6.54 Å². The Kier molecular flexibility index (Phi) is 4.38. The van der Waals surface area contributed by atoms with Crippen LogP contribution in [0.3, 0.4) is 0 Å². The third-order valence-electron chi connectivity index (χ3n) is 6.00. The molecule has 6 aromatic rings. The summed E-state index contributed by atoms with van der Waals surface area (Å²) in [5.41, 5.74) is 6.09. The summed E-state index contributed by atoms with van der Waals surface area (Å²) in [7, 11) is 1.72. The molecule has 6 rings (SSSR count). The number of rotatable bonds is 4. The number of hydrogen-bond acceptors (Lipinski definition) is 5. The van der Waals surface area contributed by atoms with E-state index in [2.05, 4.69) is 26.3 Å². The molecular weight excluding hydrogens is 428 g/mol. The molecule has 34 heavy (non-hydrogen) atoms. The summed E-state index contributed by atoms with van der Waals surface area (Å²) >= 11 is 0. The number of nitrogens with one attached hydrogen (secondary N) is 1. The number of H-pyrrole nitrogens is 1. The quantitative estimate of drug-likeness (QED) is 0.446. The predicted octanol–water partition coefficient (Wildman–Crippen LogP) is 3.38. The fourth-order valence-electron chi connectivity index (χ4n) is 4.23. The van der Waals surface area contributed by atoms with Crippen molar-refractivity contribution in [1.29, 1.82) is 5.26 Å². The highest BCUT2D eigenvalue weighted by Gasteiger charge is 2.16. The number of imidazole rings is 1. The lowest BCUT2D eigenvalue weighted by Gasteiger charge is -2.09. The number of aryl methyl sites for hydroxylation is 1. The topological polar surface area (TPSA) is 110 Å². The van der Waals surface area contributed by atoms with Crippen molar-refractivity contribution in [2.75, 3.05) is 0 Å². The molecule has 0 aliphatic heterocycles. The molecule has 0 unspecified atom stereocenters. The summed E-state index contributed by atoms with van der Waals surface area (Å²) in [5.74, 6) is 0. The molecule has 2 aromatic carbocycles. The van der Waals surface area contributed by atoms with Crippen LogP contribution >= 0.6 is 0 Å². The number of pyridine rings is 1. The van der Waals surface area contributed by atoms with Crippen molar-refractivity contribution in [3.63, 3.8) is 0 Å². The first-order valence-corrected chi connectivity index (χ1v) is 10.6. The number of aromatic amines is 1. The van der Waals surface area contributed by atoms with Crippen LogP contribution in [0.25, 0.3) is 39.0 Å². The van der Waals surface area contributed by atoms with Gasteiger partial charge in [-0.3, -0.25) is 18.9 Å². The fourth-order valence-corrected chi connectivity index (χ4v) is 4.23. The number of nitrogens with zero attached hydrogens (tertiary/aromatic N) is 7. The number of fused-ring (bicyclic) bond motifs is 2. The number of benzene rings is 2. The third kappa shape index (κ3) is 3.09. The smallest absolute Gasteiger partial charge is 0.279 e. The van der Waals surface area contributed by atoms with Crippen LogP contribution in [-0.2, 0) is 13.6 Å². The van der Waals surface area contributed by atoms with Gasteiger partial charge >= 0.3 is 5.69 Å². The van der Waals surface area contributed by atoms with Gasteiger partial charge in [-0.05, 0) is 48.0 Å². The van der Waals surface area contributed by atoms with Gasteiger partial charge in [0.1, 0.15) is 0 Å². The summed E-state index contributed by atoms with van der Waals surface area (Å²) in [4.78, 5) is 17.8. The first-order chi connectivity index (χ1) is 16.6. The van der Waals surface area contributed by atoms with Gasteiger partial charge in [-0.25, -0.2) is 9.78 Å². The first kappa shape index (κ1) is 19.7. The minimum atomic E-state index is -0.176. The molecule has 4 aromatic heterocycles. The molecule has 0 saturated heterocycles. The highest BCUT2D eigenvalue weighted by Crippen LogP contribution is 2.25. The van der Waals surface area contributed by atoms with Crippen LogP contribution in [-0.4, -0.2) is 34.1 Å². The molecule has 0 saturated carbocycles. The van der Waals surface area contributed by atoms with Crippen molar-refractivity contribution in [2.24, 2.45) is 7.05 Å². The average Bonchev–Trinajstić information content (AvgIpc) is 3.58. The Labute approximate surface area is 193 Å². The lowest BCUT2D eigenvalue weighted by molar-refractivity contribution is 0.694. The van der Waals surface area contributed by atoms with E-state index in [1.165, 1.54) is 0 Å². The minimum absolute atomic E-state index is 0.176. The van der Waals surface area contributed by atoms with Crippen LogP contribution in [0.4, 0.5) is 0 Å². The van der Waals surface area contributed by atoms with Crippen molar-refractivity contribution < 1.29 is 0 Å². The zero-order chi connectivity index (χ0) is 23.2. The van der Waals surface area contributed by atoms with Gasteiger partial charge in [0.15, 0.2) is 5.65 Å². The van der Waals surface area contributed by atoms with Crippen LogP contribution in [0.5, 0.6) is 0 Å². The molecule has 4 heterocycles. The maximum Gasteiger partial charge on any atom is 0.334 e. The molecule has 164 valence electrons. The van der Waals surface area contributed by atoms with E-state index in [1.807, 2.05) is 47.1 Å². The van der Waals surface area contributed by atoms with E-state index in [1.54, 1.807) is 46.9 Å². The summed E-state index contributed by atoms with van der Waals surface area (Å²) in [5, 5.41) is 21.5. The highest BCUT2D eigenvalue weighted by atomic mass is 16.1. The summed E-state index contributed by atoms with van der Waals surface area (Å²) < 4.78 is 5.09. The first-order valence-electron chi connectivity index (χ1n) is 10.6. The normalized spacial score (nSPS) is 11.3. The van der Waals surface area contributed by atoms with E-state index in [4.69, 9.17) is 5.26 Å². The second-order valence-corrected chi connectivity index (χ2v) is 8.07. The second-order valence-electron chi connectivity index (χ2n) is 8.07. The van der Waals surface area contributed by atoms with E-state index in [-0.39, 0.29) is 5.69 Å². The van der Waals surface area contributed by atoms with Gasteiger partial charge in [0.25, 0.3) is 0 Å². The second kappa shape index (κ2) is 7.56. The molecule has 0 amide bonds. The Balaban J connectivity index is 1.46. The molecular formula is C25H18N8O. The Hall–Kier alpha value is -4.97. The predicted molar refractivity (Wildman–Crippen MR) is 127 cm³/mol. The number of nitriles is 1. The van der Waals surface area contributed by atoms with Crippen LogP contribution < -0.4 is 5.69 Å². The van der Waals surface area contributed by atoms with Crippen molar-refractivity contribution in [3.05, 3.63) is 94.8 Å². The van der Waals surface area contributed by atoms with Crippen LogP contribution in [0.2, 0.25) is 0 Å². The molecule has 1 N–H and O–H groups in total. The Morgan fingerprint density at radius 2 is 1.91 bits per heavy atom. The van der Waals surface area contributed by atoms with E-state index in [0.717, 1.165) is 33.4 Å². The van der Waals surface area contributed by atoms with Crippen molar-refractivity contribution >= 4 is 22.1 Å². The highest BCUT2D eigenvalue weighted by molar-refractivity contribution is 5.83. The third-order valence-corrected chi connectivity index (χ3v) is 6.00. The molecule has 0 aliphatic carbocycles. The van der Waals surface area contributed by atoms with Crippen molar-refractivity contribution in [1.82, 2.24) is 34.1 Å². The van der Waals surface area contributed by atoms with Crippen LogP contribution in [0, 0.1) is 11.3 Å². The largest absolute Gasteiger partial charge is 0.334 e. The van der Waals surface area contributed by atoms with Crippen molar-refractivity contribution in [3.8, 4) is 23.0 Å². The molecule has 9 nitrogen and oxygen atoms in total. The molecule has 0 spiro atoms. The Bertz CT molecular complexity index is 1780.